The van der Waals surface area contributed by atoms with Gasteiger partial charge < -0.3 is 19.6 Å². The zero-order chi connectivity index (χ0) is 17.1. The molecule has 0 bridgehead atoms. The molecular formula is C15H22N4O4. The maximum Gasteiger partial charge on any atom is 0.361 e. The van der Waals surface area contributed by atoms with Crippen LogP contribution in [-0.2, 0) is 11.3 Å². The number of carbonyl (C=O) groups excluding carboxylic acids is 2. The Hall–Kier alpha value is -2.35. The van der Waals surface area contributed by atoms with Crippen molar-refractivity contribution < 1.29 is 19.4 Å². The van der Waals surface area contributed by atoms with Gasteiger partial charge in [-0.15, -0.1) is 0 Å². The van der Waals surface area contributed by atoms with E-state index in [-0.39, 0.29) is 31.2 Å². The van der Waals surface area contributed by atoms with E-state index in [1.54, 1.807) is 30.0 Å². The molecular weight excluding hydrogens is 300 g/mol. The number of fused-ring (bicyclic) bond motifs is 1. The second kappa shape index (κ2) is 6.82. The van der Waals surface area contributed by atoms with E-state index in [2.05, 4.69) is 5.10 Å². The number of Topliss-reactive ketones (excluding diaryl/α,β-unsaturated/α-hetero) is 1. The topological polar surface area (TPSA) is 87.9 Å². The number of aromatic nitrogens is 2. The summed E-state index contributed by atoms with van der Waals surface area (Å²) in [6.07, 6.45) is 1.75. The molecule has 2 rings (SSSR count). The Balaban J connectivity index is 2.58. The Labute approximate surface area is 134 Å². The lowest BCUT2D eigenvalue weighted by Gasteiger charge is -2.27. The van der Waals surface area contributed by atoms with Gasteiger partial charge in [0, 0.05) is 39.5 Å². The Bertz CT molecular complexity index is 648. The van der Waals surface area contributed by atoms with E-state index < -0.39 is 5.97 Å². The largest absolute Gasteiger partial charge is 0.461 e. The van der Waals surface area contributed by atoms with Gasteiger partial charge in [-0.2, -0.15) is 5.10 Å². The van der Waals surface area contributed by atoms with E-state index >= 15 is 0 Å². The average Bonchev–Trinajstić information content (AvgIpc) is 2.85. The lowest BCUT2D eigenvalue weighted by atomic mass is 10.0. The molecule has 0 amide bonds. The van der Waals surface area contributed by atoms with Gasteiger partial charge in [-0.25, -0.2) is 4.79 Å². The van der Waals surface area contributed by atoms with Crippen molar-refractivity contribution in [2.45, 2.75) is 13.5 Å². The van der Waals surface area contributed by atoms with Crippen molar-refractivity contribution >= 4 is 17.4 Å². The van der Waals surface area contributed by atoms with E-state index in [9.17, 15) is 14.7 Å². The summed E-state index contributed by atoms with van der Waals surface area (Å²) in [6.45, 7) is 2.27. The minimum Gasteiger partial charge on any atom is -0.461 e. The van der Waals surface area contributed by atoms with E-state index in [0.717, 1.165) is 0 Å². The monoisotopic (exact) mass is 322 g/mol. The normalized spacial score (nSPS) is 15.8. The number of anilines is 1. The predicted molar refractivity (Wildman–Crippen MR) is 84.6 cm³/mol. The molecule has 8 heteroatoms. The Morgan fingerprint density at radius 2 is 2.17 bits per heavy atom. The number of nitrogens with zero attached hydrogens (tertiary/aromatic N) is 4. The van der Waals surface area contributed by atoms with E-state index in [1.165, 1.54) is 4.68 Å². The molecule has 0 saturated carbocycles. The van der Waals surface area contributed by atoms with Gasteiger partial charge in [0.1, 0.15) is 11.4 Å². The maximum atomic E-state index is 12.8. The number of rotatable bonds is 5. The molecule has 1 aromatic rings. The van der Waals surface area contributed by atoms with Gasteiger partial charge >= 0.3 is 5.97 Å². The first-order chi connectivity index (χ1) is 10.9. The lowest BCUT2D eigenvalue weighted by Crippen LogP contribution is -2.33. The molecule has 0 unspecified atom stereocenters. The lowest BCUT2D eigenvalue weighted by molar-refractivity contribution is 0.0518. The van der Waals surface area contributed by atoms with Crippen LogP contribution in [0.2, 0.25) is 0 Å². The number of ether oxygens (including phenoxy) is 1. The van der Waals surface area contributed by atoms with Gasteiger partial charge in [-0.3, -0.25) is 9.48 Å². The number of likely N-dealkylation sites (N-methyl/N-ethyl adjacent to an activating group) is 1. The minimum atomic E-state index is -0.569. The summed E-state index contributed by atoms with van der Waals surface area (Å²) in [5.41, 5.74) is 1.47. The van der Waals surface area contributed by atoms with Crippen LogP contribution in [0.25, 0.3) is 0 Å². The molecule has 0 radical (unpaired) electrons. The van der Waals surface area contributed by atoms with Crippen molar-refractivity contribution in [2.75, 3.05) is 45.8 Å². The van der Waals surface area contributed by atoms with E-state index in [0.29, 0.717) is 23.5 Å². The summed E-state index contributed by atoms with van der Waals surface area (Å²) >= 11 is 0. The van der Waals surface area contributed by atoms with Crippen LogP contribution in [0, 0.1) is 0 Å². The third-order valence-electron chi connectivity index (χ3n) is 3.42. The zero-order valence-electron chi connectivity index (χ0n) is 13.9. The second-order valence-corrected chi connectivity index (χ2v) is 5.52. The Morgan fingerprint density at radius 1 is 1.48 bits per heavy atom. The van der Waals surface area contributed by atoms with Gasteiger partial charge in [0.25, 0.3) is 0 Å². The number of aliphatic hydroxyl groups is 1. The molecule has 1 aliphatic rings. The van der Waals surface area contributed by atoms with E-state index in [1.807, 2.05) is 14.1 Å². The second-order valence-electron chi connectivity index (χ2n) is 5.52. The summed E-state index contributed by atoms with van der Waals surface area (Å²) < 4.78 is 6.40. The third-order valence-corrected chi connectivity index (χ3v) is 3.42. The first-order valence-corrected chi connectivity index (χ1v) is 7.42. The fraction of sp³-hybridized carbons (Fsp3) is 0.533. The number of ketones is 1. The van der Waals surface area contributed by atoms with Crippen LogP contribution in [0.15, 0.2) is 11.8 Å². The van der Waals surface area contributed by atoms with Crippen molar-refractivity contribution in [3.05, 3.63) is 23.2 Å². The molecule has 8 nitrogen and oxygen atoms in total. The molecule has 0 saturated heterocycles. The molecule has 0 aromatic carbocycles. The zero-order valence-corrected chi connectivity index (χ0v) is 13.9. The summed E-state index contributed by atoms with van der Waals surface area (Å²) in [6, 6.07) is 0. The van der Waals surface area contributed by atoms with Gasteiger partial charge in [-0.05, 0) is 6.92 Å². The first-order valence-electron chi connectivity index (χ1n) is 7.42. The molecule has 2 heterocycles. The number of esters is 1. The van der Waals surface area contributed by atoms with Crippen LogP contribution in [0.1, 0.15) is 27.9 Å². The third kappa shape index (κ3) is 3.21. The molecule has 1 aliphatic heterocycles. The number of hydrogen-bond acceptors (Lipinski definition) is 7. The highest BCUT2D eigenvalue weighted by molar-refractivity contribution is 6.16. The summed E-state index contributed by atoms with van der Waals surface area (Å²) in [4.78, 5) is 28.5. The number of hydrogen-bond donors (Lipinski definition) is 1. The van der Waals surface area contributed by atoms with Gasteiger partial charge in [0.2, 0.25) is 5.78 Å². The van der Waals surface area contributed by atoms with Crippen LogP contribution >= 0.6 is 0 Å². The number of carbonyl (C=O) groups is 2. The average molecular weight is 322 g/mol. The molecule has 126 valence electrons. The highest BCUT2D eigenvalue weighted by atomic mass is 16.5. The van der Waals surface area contributed by atoms with Gasteiger partial charge in [0.15, 0.2) is 5.69 Å². The predicted octanol–water partition coefficient (Wildman–Crippen LogP) is 0.130. The van der Waals surface area contributed by atoms with Crippen molar-refractivity contribution in [3.63, 3.8) is 0 Å². The molecule has 23 heavy (non-hydrogen) atoms. The highest BCUT2D eigenvalue weighted by Gasteiger charge is 2.35. The first kappa shape index (κ1) is 17.0. The van der Waals surface area contributed by atoms with Crippen LogP contribution in [0.4, 0.5) is 5.69 Å². The van der Waals surface area contributed by atoms with Crippen molar-refractivity contribution in [2.24, 2.45) is 0 Å². The standard InChI is InChI=1S/C15H22N4O4/c1-5-23-15(22)11-12-13(19(16-11)6-7-20)14(21)10(8-17(2)3)9-18(12)4/h8,20H,5-7,9H2,1-4H3/b10-8+. The smallest absolute Gasteiger partial charge is 0.361 e. The molecule has 0 atom stereocenters. The number of aliphatic hydroxyl groups excluding tert-OH is 1. The van der Waals surface area contributed by atoms with E-state index in [4.69, 9.17) is 4.74 Å². The molecule has 0 spiro atoms. The quantitative estimate of drug-likeness (QED) is 0.609. The van der Waals surface area contributed by atoms with Crippen LogP contribution < -0.4 is 4.90 Å². The molecule has 0 fully saturated rings. The Kier molecular flexibility index (Phi) is 5.05. The summed E-state index contributed by atoms with van der Waals surface area (Å²) in [7, 11) is 5.47. The fourth-order valence-electron chi connectivity index (χ4n) is 2.60. The fourth-order valence-corrected chi connectivity index (χ4v) is 2.60. The molecule has 1 aromatic heterocycles. The Morgan fingerprint density at radius 3 is 2.74 bits per heavy atom. The maximum absolute atomic E-state index is 12.8. The summed E-state index contributed by atoms with van der Waals surface area (Å²) in [5.74, 6) is -0.761. The SMILES string of the molecule is CCOC(=O)c1nn(CCO)c2c1N(C)C/C(=C\N(C)C)C2=O. The highest BCUT2D eigenvalue weighted by Crippen LogP contribution is 2.32. The van der Waals surface area contributed by atoms with Crippen molar-refractivity contribution in [3.8, 4) is 0 Å². The molecule has 1 N–H and O–H groups in total. The van der Waals surface area contributed by atoms with Crippen molar-refractivity contribution in [1.82, 2.24) is 14.7 Å². The molecule has 0 aliphatic carbocycles. The van der Waals surface area contributed by atoms with Gasteiger partial charge in [-0.1, -0.05) is 0 Å². The van der Waals surface area contributed by atoms with Gasteiger partial charge in [0.05, 0.1) is 19.8 Å². The van der Waals surface area contributed by atoms with Crippen molar-refractivity contribution in [1.29, 1.82) is 0 Å². The van der Waals surface area contributed by atoms with Crippen LogP contribution in [0.3, 0.4) is 0 Å². The summed E-state index contributed by atoms with van der Waals surface area (Å²) in [5, 5.41) is 13.4. The van der Waals surface area contributed by atoms with Crippen LogP contribution in [0.5, 0.6) is 0 Å². The minimum absolute atomic E-state index is 0.107. The van der Waals surface area contributed by atoms with Crippen LogP contribution in [-0.4, -0.2) is 72.4 Å².